The molecule has 0 saturated carbocycles. The minimum absolute atomic E-state index is 0.175. The zero-order valence-corrected chi connectivity index (χ0v) is 13.3. The number of hydrogen-bond acceptors (Lipinski definition) is 6. The highest BCUT2D eigenvalue weighted by molar-refractivity contribution is 6.00. The number of nitrogens with one attached hydrogen (secondary N) is 1. The highest BCUT2D eigenvalue weighted by Crippen LogP contribution is 2.35. The molecule has 120 valence electrons. The molecule has 0 atom stereocenters. The highest BCUT2D eigenvalue weighted by Gasteiger charge is 2.14. The minimum Gasteiger partial charge on any atom is -0.508 e. The summed E-state index contributed by atoms with van der Waals surface area (Å²) < 4.78 is 5.33. The molecule has 24 heavy (non-hydrogen) atoms. The molecule has 0 unspecified atom stereocenters. The van der Waals surface area contributed by atoms with E-state index in [1.807, 2.05) is 13.0 Å². The summed E-state index contributed by atoms with van der Waals surface area (Å²) in [6, 6.07) is 10.8. The van der Waals surface area contributed by atoms with E-state index in [1.165, 1.54) is 6.20 Å². The van der Waals surface area contributed by atoms with E-state index in [0.29, 0.717) is 39.3 Å². The van der Waals surface area contributed by atoms with Gasteiger partial charge < -0.3 is 20.9 Å². The molecule has 4 N–H and O–H groups in total. The average molecular weight is 320 g/mol. The van der Waals surface area contributed by atoms with Crippen LogP contribution in [0.1, 0.15) is 11.1 Å². The predicted octanol–water partition coefficient (Wildman–Crippen LogP) is 3.45. The van der Waals surface area contributed by atoms with Gasteiger partial charge in [-0.25, -0.2) is 0 Å². The van der Waals surface area contributed by atoms with E-state index in [9.17, 15) is 10.4 Å². The van der Waals surface area contributed by atoms with Crippen LogP contribution in [0.15, 0.2) is 36.5 Å². The van der Waals surface area contributed by atoms with E-state index in [2.05, 4.69) is 16.4 Å². The van der Waals surface area contributed by atoms with Crippen LogP contribution in [0.25, 0.3) is 10.9 Å². The molecule has 6 nitrogen and oxygen atoms in total. The Morgan fingerprint density at radius 3 is 2.75 bits per heavy atom. The summed E-state index contributed by atoms with van der Waals surface area (Å²) >= 11 is 0. The van der Waals surface area contributed by atoms with Crippen LogP contribution in [0.5, 0.6) is 11.5 Å². The molecule has 3 rings (SSSR count). The molecule has 0 aliphatic rings. The van der Waals surface area contributed by atoms with Gasteiger partial charge in [0.25, 0.3) is 0 Å². The van der Waals surface area contributed by atoms with Crippen LogP contribution in [0.2, 0.25) is 0 Å². The molecule has 0 bridgehead atoms. The van der Waals surface area contributed by atoms with Gasteiger partial charge in [-0.05, 0) is 24.6 Å². The molecular weight excluding hydrogens is 304 g/mol. The number of nitriles is 1. The first-order valence-electron chi connectivity index (χ1n) is 7.26. The van der Waals surface area contributed by atoms with Gasteiger partial charge in [0, 0.05) is 35.1 Å². The quantitative estimate of drug-likeness (QED) is 0.638. The summed E-state index contributed by atoms with van der Waals surface area (Å²) in [6.07, 6.45) is 1.48. The van der Waals surface area contributed by atoms with Crippen molar-refractivity contribution in [1.82, 2.24) is 4.98 Å². The van der Waals surface area contributed by atoms with Gasteiger partial charge in [-0.1, -0.05) is 6.07 Å². The molecule has 0 spiro atoms. The molecule has 6 heteroatoms. The second-order valence-electron chi connectivity index (χ2n) is 5.40. The summed E-state index contributed by atoms with van der Waals surface area (Å²) in [4.78, 5) is 4.31. The third kappa shape index (κ3) is 2.63. The van der Waals surface area contributed by atoms with E-state index < -0.39 is 0 Å². The summed E-state index contributed by atoms with van der Waals surface area (Å²) in [7, 11) is 1.54. The lowest BCUT2D eigenvalue weighted by atomic mass is 10.1. The van der Waals surface area contributed by atoms with Crippen LogP contribution >= 0.6 is 0 Å². The first-order valence-corrected chi connectivity index (χ1v) is 7.26. The van der Waals surface area contributed by atoms with Crippen molar-refractivity contribution in [3.8, 4) is 17.6 Å². The molecular formula is C18H16N4O2. The SMILES string of the molecule is COc1cc(N)cc2c(Nc3ccc(C)c(O)c3)c(C#N)cnc12. The minimum atomic E-state index is 0.175. The number of phenols is 1. The third-order valence-corrected chi connectivity index (χ3v) is 3.78. The molecule has 3 aromatic rings. The molecule has 0 radical (unpaired) electrons. The Morgan fingerprint density at radius 2 is 2.08 bits per heavy atom. The normalized spacial score (nSPS) is 10.4. The molecule has 0 aliphatic carbocycles. The van der Waals surface area contributed by atoms with Crippen LogP contribution in [0.4, 0.5) is 17.1 Å². The van der Waals surface area contributed by atoms with Gasteiger partial charge >= 0.3 is 0 Å². The number of nitrogens with two attached hydrogens (primary N) is 1. The van der Waals surface area contributed by atoms with Gasteiger partial charge in [0.05, 0.1) is 18.4 Å². The number of nitrogens with zero attached hydrogens (tertiary/aromatic N) is 2. The summed E-state index contributed by atoms with van der Waals surface area (Å²) in [5, 5.41) is 23.1. The number of benzene rings is 2. The number of aryl methyl sites for hydroxylation is 1. The third-order valence-electron chi connectivity index (χ3n) is 3.78. The van der Waals surface area contributed by atoms with Gasteiger partial charge in [0.15, 0.2) is 0 Å². The predicted molar refractivity (Wildman–Crippen MR) is 93.5 cm³/mol. The van der Waals surface area contributed by atoms with E-state index in [-0.39, 0.29) is 5.75 Å². The second kappa shape index (κ2) is 5.97. The Labute approximate surface area is 139 Å². The zero-order chi connectivity index (χ0) is 17.3. The lowest BCUT2D eigenvalue weighted by molar-refractivity contribution is 0.419. The molecule has 2 aromatic carbocycles. The topological polar surface area (TPSA) is 104 Å². The van der Waals surface area contributed by atoms with Crippen molar-refractivity contribution < 1.29 is 9.84 Å². The number of hydrogen-bond donors (Lipinski definition) is 3. The number of fused-ring (bicyclic) bond motifs is 1. The largest absolute Gasteiger partial charge is 0.508 e. The van der Waals surface area contributed by atoms with Crippen LogP contribution in [-0.2, 0) is 0 Å². The first-order chi connectivity index (χ1) is 11.5. The van der Waals surface area contributed by atoms with Crippen molar-refractivity contribution in [1.29, 1.82) is 5.26 Å². The number of aromatic nitrogens is 1. The maximum atomic E-state index is 9.89. The summed E-state index contributed by atoms with van der Waals surface area (Å²) in [5.41, 5.74) is 9.41. The van der Waals surface area contributed by atoms with E-state index >= 15 is 0 Å². The Morgan fingerprint density at radius 1 is 1.29 bits per heavy atom. The fourth-order valence-corrected chi connectivity index (χ4v) is 2.50. The van der Waals surface area contributed by atoms with Gasteiger partial charge in [-0.3, -0.25) is 4.98 Å². The molecule has 0 aliphatic heterocycles. The van der Waals surface area contributed by atoms with Gasteiger partial charge in [0.2, 0.25) is 0 Å². The fraction of sp³-hybridized carbons (Fsp3) is 0.111. The smallest absolute Gasteiger partial charge is 0.147 e. The van der Waals surface area contributed by atoms with Crippen molar-refractivity contribution >= 4 is 28.0 Å². The van der Waals surface area contributed by atoms with Gasteiger partial charge in [0.1, 0.15) is 23.1 Å². The number of phenolic OH excluding ortho intramolecular Hbond substituents is 1. The summed E-state index contributed by atoms with van der Waals surface area (Å²) in [6.45, 7) is 1.81. The second-order valence-corrected chi connectivity index (χ2v) is 5.40. The standard InChI is InChI=1S/C18H16N4O2/c1-10-3-4-13(7-15(10)23)22-17-11(8-19)9-21-18-14(17)5-12(20)6-16(18)24-2/h3-7,9,23H,20H2,1-2H3,(H,21,22). The van der Waals surface area contributed by atoms with Crippen LogP contribution in [0.3, 0.4) is 0 Å². The van der Waals surface area contributed by atoms with Crippen molar-refractivity contribution in [3.63, 3.8) is 0 Å². The Hall–Kier alpha value is -3.46. The average Bonchev–Trinajstić information content (AvgIpc) is 2.57. The molecule has 0 amide bonds. The summed E-state index contributed by atoms with van der Waals surface area (Å²) in [5.74, 6) is 0.707. The number of pyridine rings is 1. The van der Waals surface area contributed by atoms with Crippen LogP contribution in [-0.4, -0.2) is 17.2 Å². The van der Waals surface area contributed by atoms with Crippen molar-refractivity contribution in [2.75, 3.05) is 18.2 Å². The van der Waals surface area contributed by atoms with Crippen molar-refractivity contribution in [2.24, 2.45) is 0 Å². The van der Waals surface area contributed by atoms with Gasteiger partial charge in [-0.15, -0.1) is 0 Å². The van der Waals surface area contributed by atoms with Gasteiger partial charge in [-0.2, -0.15) is 5.26 Å². The Kier molecular flexibility index (Phi) is 3.84. The number of anilines is 3. The monoisotopic (exact) mass is 320 g/mol. The van der Waals surface area contributed by atoms with E-state index in [0.717, 1.165) is 5.56 Å². The molecule has 1 aromatic heterocycles. The number of nitrogen functional groups attached to an aromatic ring is 1. The van der Waals surface area contributed by atoms with Crippen LogP contribution in [0, 0.1) is 18.3 Å². The van der Waals surface area contributed by atoms with Crippen LogP contribution < -0.4 is 15.8 Å². The molecule has 0 saturated heterocycles. The zero-order valence-electron chi connectivity index (χ0n) is 13.3. The Balaban J connectivity index is 2.23. The Bertz CT molecular complexity index is 977. The highest BCUT2D eigenvalue weighted by atomic mass is 16.5. The fourth-order valence-electron chi connectivity index (χ4n) is 2.50. The first kappa shape index (κ1) is 15.4. The lowest BCUT2D eigenvalue weighted by Crippen LogP contribution is -1.99. The number of rotatable bonds is 3. The number of aromatic hydroxyl groups is 1. The maximum absolute atomic E-state index is 9.89. The maximum Gasteiger partial charge on any atom is 0.147 e. The molecule has 1 heterocycles. The van der Waals surface area contributed by atoms with Crippen molar-refractivity contribution in [3.05, 3.63) is 47.7 Å². The van der Waals surface area contributed by atoms with E-state index in [4.69, 9.17) is 10.5 Å². The lowest BCUT2D eigenvalue weighted by Gasteiger charge is -2.14. The van der Waals surface area contributed by atoms with E-state index in [1.54, 1.807) is 31.4 Å². The van der Waals surface area contributed by atoms with Crippen molar-refractivity contribution in [2.45, 2.75) is 6.92 Å². The molecule has 0 fully saturated rings. The number of methoxy groups -OCH3 is 1. The number of ether oxygens (including phenoxy) is 1.